The number of halogens is 7. The van der Waals surface area contributed by atoms with E-state index in [4.69, 9.17) is 4.74 Å². The molecular formula is C18H22F7NO2S. The molecule has 1 rings (SSSR count). The summed E-state index contributed by atoms with van der Waals surface area (Å²) in [6, 6.07) is 2.64. The Morgan fingerprint density at radius 2 is 1.66 bits per heavy atom. The lowest BCUT2D eigenvalue weighted by Gasteiger charge is -2.20. The van der Waals surface area contributed by atoms with Crippen LogP contribution in [0.4, 0.5) is 30.7 Å². The number of hydrogen-bond acceptors (Lipinski definition) is 3. The van der Waals surface area contributed by atoms with Crippen molar-refractivity contribution in [2.24, 2.45) is 4.40 Å². The van der Waals surface area contributed by atoms with Crippen molar-refractivity contribution >= 4 is 17.1 Å². The summed E-state index contributed by atoms with van der Waals surface area (Å²) in [6.07, 6.45) is -9.72. The number of ether oxygens (including phenoxy) is 1. The zero-order chi connectivity index (χ0) is 22.5. The molecule has 0 aromatic heterocycles. The van der Waals surface area contributed by atoms with Crippen LogP contribution in [-0.4, -0.2) is 34.0 Å². The van der Waals surface area contributed by atoms with E-state index in [1.54, 1.807) is 0 Å². The average molecular weight is 449 g/mol. The summed E-state index contributed by atoms with van der Waals surface area (Å²) in [7, 11) is 0. The molecule has 0 saturated heterocycles. The lowest BCUT2D eigenvalue weighted by molar-refractivity contribution is -0.135. The summed E-state index contributed by atoms with van der Waals surface area (Å²) in [5.74, 6) is -1.33. The third-order valence-electron chi connectivity index (χ3n) is 3.54. The smallest absolute Gasteiger partial charge is 0.438 e. The van der Waals surface area contributed by atoms with Crippen molar-refractivity contribution in [3.8, 4) is 5.75 Å². The van der Waals surface area contributed by atoms with Gasteiger partial charge < -0.3 is 9.29 Å². The topological polar surface area (TPSA) is 44.7 Å². The van der Waals surface area contributed by atoms with Gasteiger partial charge in [-0.25, -0.2) is 4.39 Å². The third-order valence-corrected chi connectivity index (χ3v) is 4.93. The summed E-state index contributed by atoms with van der Waals surface area (Å²) < 4.78 is 109. The molecular weight excluding hydrogens is 427 g/mol. The largest absolute Gasteiger partial charge is 0.591 e. The number of alkyl halides is 6. The van der Waals surface area contributed by atoms with Crippen LogP contribution in [0.1, 0.15) is 52.0 Å². The Morgan fingerprint density at radius 3 is 2.14 bits per heavy atom. The van der Waals surface area contributed by atoms with Crippen LogP contribution < -0.4 is 4.74 Å². The molecule has 1 unspecified atom stereocenters. The zero-order valence-electron chi connectivity index (χ0n) is 16.1. The molecule has 0 radical (unpaired) electrons. The Balaban J connectivity index is 2.83. The zero-order valence-corrected chi connectivity index (χ0v) is 16.9. The molecule has 0 bridgehead atoms. The van der Waals surface area contributed by atoms with E-state index in [1.807, 2.05) is 0 Å². The average Bonchev–Trinajstić information content (AvgIpc) is 2.53. The van der Waals surface area contributed by atoms with Gasteiger partial charge in [0.2, 0.25) is 5.71 Å². The van der Waals surface area contributed by atoms with Gasteiger partial charge in [0.15, 0.2) is 0 Å². The van der Waals surface area contributed by atoms with Crippen LogP contribution >= 0.6 is 0 Å². The fourth-order valence-corrected chi connectivity index (χ4v) is 2.69. The molecule has 0 aliphatic carbocycles. The van der Waals surface area contributed by atoms with Gasteiger partial charge in [0.05, 0.1) is 6.61 Å². The predicted molar refractivity (Wildman–Crippen MR) is 96.9 cm³/mol. The second kappa shape index (κ2) is 10.0. The molecule has 1 aromatic carbocycles. The normalized spacial score (nSPS) is 14.8. The van der Waals surface area contributed by atoms with E-state index in [0.717, 1.165) is 18.2 Å². The molecule has 1 aromatic rings. The number of unbranched alkanes of at least 4 members (excludes halogenated alkanes) is 2. The molecule has 166 valence electrons. The van der Waals surface area contributed by atoms with Crippen LogP contribution in [-0.2, 0) is 11.4 Å². The highest BCUT2D eigenvalue weighted by molar-refractivity contribution is 7.91. The summed E-state index contributed by atoms with van der Waals surface area (Å²) in [4.78, 5) is 0. The van der Waals surface area contributed by atoms with E-state index in [0.29, 0.717) is 0 Å². The number of rotatable bonds is 8. The van der Waals surface area contributed by atoms with Gasteiger partial charge in [-0.05, 0) is 52.2 Å². The van der Waals surface area contributed by atoms with Crippen molar-refractivity contribution < 1.29 is 40.0 Å². The van der Waals surface area contributed by atoms with Crippen LogP contribution in [0.15, 0.2) is 22.6 Å². The van der Waals surface area contributed by atoms with Crippen molar-refractivity contribution in [2.75, 3.05) is 6.61 Å². The van der Waals surface area contributed by atoms with Crippen LogP contribution in [0.5, 0.6) is 5.75 Å². The highest BCUT2D eigenvalue weighted by atomic mass is 32.2. The van der Waals surface area contributed by atoms with E-state index in [9.17, 15) is 35.3 Å². The fourth-order valence-electron chi connectivity index (χ4n) is 2.05. The SMILES string of the molecule is CC(C)(C)[S+]([O-])N=C(c1ccc(OCCCCCC(F)(F)F)cc1F)C(F)(F)F. The van der Waals surface area contributed by atoms with Crippen LogP contribution in [0.3, 0.4) is 0 Å². The van der Waals surface area contributed by atoms with Gasteiger partial charge >= 0.3 is 12.4 Å². The standard InChI is InChI=1S/C18H22F7NO2S/c1-16(2,3)29(27)26-15(18(23,24)25)13-8-7-12(11-14(13)19)28-10-6-4-5-9-17(20,21)22/h7-8,11H,4-6,9-10H2,1-3H3. The van der Waals surface area contributed by atoms with Gasteiger partial charge in [0, 0.05) is 18.1 Å². The molecule has 3 nitrogen and oxygen atoms in total. The minimum absolute atomic E-state index is 0.00903. The van der Waals surface area contributed by atoms with E-state index in [2.05, 4.69) is 4.40 Å². The quantitative estimate of drug-likeness (QED) is 0.207. The maximum Gasteiger partial charge on any atom is 0.438 e. The Kier molecular flexibility index (Phi) is 8.82. The van der Waals surface area contributed by atoms with E-state index >= 15 is 0 Å². The summed E-state index contributed by atoms with van der Waals surface area (Å²) in [5.41, 5.74) is -2.46. The lowest BCUT2D eigenvalue weighted by atomic mass is 10.1. The first kappa shape index (κ1) is 25.5. The van der Waals surface area contributed by atoms with Crippen molar-refractivity contribution in [1.29, 1.82) is 0 Å². The molecule has 0 spiro atoms. The van der Waals surface area contributed by atoms with Gasteiger partial charge in [-0.1, -0.05) is 4.40 Å². The summed E-state index contributed by atoms with van der Waals surface area (Å²) in [5, 5.41) is 0. The molecule has 0 fully saturated rings. The molecule has 0 aliphatic rings. The molecule has 29 heavy (non-hydrogen) atoms. The number of nitrogens with zero attached hydrogens (tertiary/aromatic N) is 1. The van der Waals surface area contributed by atoms with Crippen molar-refractivity contribution in [2.45, 2.75) is 63.6 Å². The molecule has 0 saturated carbocycles. The van der Waals surface area contributed by atoms with Crippen molar-refractivity contribution in [3.63, 3.8) is 0 Å². The van der Waals surface area contributed by atoms with Crippen molar-refractivity contribution in [3.05, 3.63) is 29.6 Å². The van der Waals surface area contributed by atoms with E-state index < -0.39 is 52.0 Å². The fraction of sp³-hybridized carbons (Fsp3) is 0.611. The Morgan fingerprint density at radius 1 is 1.03 bits per heavy atom. The highest BCUT2D eigenvalue weighted by Gasteiger charge is 2.42. The summed E-state index contributed by atoms with van der Waals surface area (Å²) >= 11 is -2.25. The minimum atomic E-state index is -5.03. The van der Waals surface area contributed by atoms with Crippen LogP contribution in [0.25, 0.3) is 0 Å². The molecule has 0 heterocycles. The van der Waals surface area contributed by atoms with Gasteiger partial charge in [0.25, 0.3) is 0 Å². The molecule has 11 heteroatoms. The maximum atomic E-state index is 14.3. The van der Waals surface area contributed by atoms with Gasteiger partial charge in [-0.2, -0.15) is 26.3 Å². The molecule has 0 aliphatic heterocycles. The number of hydrogen-bond donors (Lipinski definition) is 0. The van der Waals surface area contributed by atoms with Crippen molar-refractivity contribution in [1.82, 2.24) is 0 Å². The monoisotopic (exact) mass is 449 g/mol. The Bertz CT molecular complexity index is 697. The first-order valence-corrected chi connectivity index (χ1v) is 9.79. The second-order valence-electron chi connectivity index (χ2n) is 7.22. The highest BCUT2D eigenvalue weighted by Crippen LogP contribution is 2.29. The van der Waals surface area contributed by atoms with Crippen LogP contribution in [0.2, 0.25) is 0 Å². The van der Waals surface area contributed by atoms with Gasteiger partial charge in [-0.3, -0.25) is 0 Å². The maximum absolute atomic E-state index is 14.3. The summed E-state index contributed by atoms with van der Waals surface area (Å²) in [6.45, 7) is 4.29. The Labute approximate surface area is 167 Å². The molecule has 0 N–H and O–H groups in total. The third kappa shape index (κ3) is 9.24. The molecule has 1 atom stereocenters. The Hall–Kier alpha value is -1.49. The predicted octanol–water partition coefficient (Wildman–Crippen LogP) is 6.14. The van der Waals surface area contributed by atoms with Crippen LogP contribution in [0, 0.1) is 5.82 Å². The van der Waals surface area contributed by atoms with Gasteiger partial charge in [0.1, 0.15) is 27.7 Å². The first-order chi connectivity index (χ1) is 13.1. The minimum Gasteiger partial charge on any atom is -0.591 e. The lowest BCUT2D eigenvalue weighted by Crippen LogP contribution is -2.32. The van der Waals surface area contributed by atoms with Gasteiger partial charge in [-0.15, -0.1) is 0 Å². The first-order valence-electron chi connectivity index (χ1n) is 8.68. The number of benzene rings is 1. The second-order valence-corrected chi connectivity index (χ2v) is 9.12. The van der Waals surface area contributed by atoms with E-state index in [-0.39, 0.29) is 31.6 Å². The molecule has 0 amide bonds. The van der Waals surface area contributed by atoms with E-state index in [1.165, 1.54) is 20.8 Å².